The number of nitrogens with zero attached hydrogens (tertiary/aromatic N) is 1. The van der Waals surface area contributed by atoms with Gasteiger partial charge in [-0.1, -0.05) is 13.8 Å². The lowest BCUT2D eigenvalue weighted by molar-refractivity contribution is -0.123. The summed E-state index contributed by atoms with van der Waals surface area (Å²) in [7, 11) is 2.18. The number of carbonyl (C=O) groups excluding carboxylic acids is 1. The molecule has 2 unspecified atom stereocenters. The second-order valence-electron chi connectivity index (χ2n) is 6.60. The van der Waals surface area contributed by atoms with E-state index in [1.165, 1.54) is 13.0 Å². The molecular weight excluding hydrogens is 226 g/mol. The van der Waals surface area contributed by atoms with Gasteiger partial charge >= 0.3 is 0 Å². The van der Waals surface area contributed by atoms with Crippen molar-refractivity contribution in [1.29, 1.82) is 0 Å². The van der Waals surface area contributed by atoms with Crippen LogP contribution < -0.4 is 10.6 Å². The Balaban J connectivity index is 1.79. The normalized spacial score (nSPS) is 29.7. The number of amides is 1. The molecule has 0 aromatic heterocycles. The van der Waals surface area contributed by atoms with Crippen LogP contribution in [0.1, 0.15) is 33.1 Å². The van der Waals surface area contributed by atoms with Crippen molar-refractivity contribution in [3.63, 3.8) is 0 Å². The van der Waals surface area contributed by atoms with E-state index in [2.05, 4.69) is 36.4 Å². The average Bonchev–Trinajstić information content (AvgIpc) is 2.96. The zero-order valence-electron chi connectivity index (χ0n) is 12.0. The molecule has 0 bridgehead atoms. The lowest BCUT2D eigenvalue weighted by Gasteiger charge is -2.32. The van der Waals surface area contributed by atoms with Crippen molar-refractivity contribution >= 4 is 5.91 Å². The largest absolute Gasteiger partial charge is 0.354 e. The van der Waals surface area contributed by atoms with Gasteiger partial charge in [0.15, 0.2) is 0 Å². The first kappa shape index (κ1) is 13.8. The summed E-state index contributed by atoms with van der Waals surface area (Å²) < 4.78 is 0. The highest BCUT2D eigenvalue weighted by atomic mass is 16.2. The van der Waals surface area contributed by atoms with Gasteiger partial charge in [0.2, 0.25) is 5.91 Å². The van der Waals surface area contributed by atoms with E-state index in [9.17, 15) is 4.79 Å². The van der Waals surface area contributed by atoms with E-state index in [0.29, 0.717) is 5.92 Å². The van der Waals surface area contributed by atoms with Gasteiger partial charge in [-0.05, 0) is 50.7 Å². The van der Waals surface area contributed by atoms with Gasteiger partial charge in [0, 0.05) is 13.1 Å². The first-order chi connectivity index (χ1) is 8.49. The molecule has 2 aliphatic rings. The molecular formula is C14H27N3O. The predicted octanol–water partition coefficient (Wildman–Crippen LogP) is 0.833. The fourth-order valence-electron chi connectivity index (χ4n) is 3.06. The number of carbonyl (C=O) groups is 1. The molecule has 104 valence electrons. The summed E-state index contributed by atoms with van der Waals surface area (Å²) in [5, 5.41) is 6.39. The second kappa shape index (κ2) is 5.57. The van der Waals surface area contributed by atoms with Gasteiger partial charge < -0.3 is 15.5 Å². The second-order valence-corrected chi connectivity index (χ2v) is 6.60. The molecule has 2 aliphatic heterocycles. The highest BCUT2D eigenvalue weighted by Crippen LogP contribution is 2.33. The van der Waals surface area contributed by atoms with Crippen molar-refractivity contribution < 1.29 is 4.79 Å². The number of rotatable bonds is 4. The van der Waals surface area contributed by atoms with E-state index in [4.69, 9.17) is 0 Å². The maximum atomic E-state index is 12.0. The van der Waals surface area contributed by atoms with Crippen molar-refractivity contribution in [1.82, 2.24) is 15.5 Å². The van der Waals surface area contributed by atoms with Crippen molar-refractivity contribution in [2.45, 2.75) is 39.2 Å². The van der Waals surface area contributed by atoms with Crippen LogP contribution in [-0.4, -0.2) is 50.1 Å². The number of hydrogen-bond donors (Lipinski definition) is 2. The standard InChI is InChI=1S/C14H27N3O/c1-14(2,11-6-8-17(3)9-11)10-16-13(18)12-5-4-7-15-12/h11-12,15H,4-10H2,1-3H3,(H,16,18). The zero-order valence-corrected chi connectivity index (χ0v) is 12.0. The maximum Gasteiger partial charge on any atom is 0.237 e. The van der Waals surface area contributed by atoms with Crippen molar-refractivity contribution in [3.05, 3.63) is 0 Å². The quantitative estimate of drug-likeness (QED) is 0.780. The monoisotopic (exact) mass is 253 g/mol. The SMILES string of the molecule is CN1CCC(C(C)(C)CNC(=O)C2CCCN2)C1. The van der Waals surface area contributed by atoms with E-state index in [-0.39, 0.29) is 17.4 Å². The molecule has 18 heavy (non-hydrogen) atoms. The van der Waals surface area contributed by atoms with Gasteiger partial charge in [-0.2, -0.15) is 0 Å². The summed E-state index contributed by atoms with van der Waals surface area (Å²) in [6, 6.07) is 0.0482. The van der Waals surface area contributed by atoms with Crippen molar-refractivity contribution in [3.8, 4) is 0 Å². The average molecular weight is 253 g/mol. The van der Waals surface area contributed by atoms with Crippen LogP contribution in [0.3, 0.4) is 0 Å². The molecule has 4 nitrogen and oxygen atoms in total. The van der Waals surface area contributed by atoms with Gasteiger partial charge in [-0.3, -0.25) is 4.79 Å². The van der Waals surface area contributed by atoms with Crippen molar-refractivity contribution in [2.75, 3.05) is 33.2 Å². The Morgan fingerprint density at radius 1 is 1.44 bits per heavy atom. The fourth-order valence-corrected chi connectivity index (χ4v) is 3.06. The van der Waals surface area contributed by atoms with Gasteiger partial charge in [0.25, 0.3) is 0 Å². The Morgan fingerprint density at radius 2 is 2.22 bits per heavy atom. The number of nitrogens with one attached hydrogen (secondary N) is 2. The molecule has 2 heterocycles. The van der Waals surface area contributed by atoms with Crippen LogP contribution in [0, 0.1) is 11.3 Å². The summed E-state index contributed by atoms with van der Waals surface area (Å²) in [5.74, 6) is 0.881. The Bertz CT molecular complexity index is 297. The van der Waals surface area contributed by atoms with Crippen LogP contribution in [0.25, 0.3) is 0 Å². The van der Waals surface area contributed by atoms with Crippen molar-refractivity contribution in [2.24, 2.45) is 11.3 Å². The van der Waals surface area contributed by atoms with Gasteiger partial charge in [0.1, 0.15) is 0 Å². The number of hydrogen-bond acceptors (Lipinski definition) is 3. The molecule has 0 radical (unpaired) electrons. The molecule has 2 atom stereocenters. The van der Waals surface area contributed by atoms with E-state index in [1.54, 1.807) is 0 Å². The highest BCUT2D eigenvalue weighted by molar-refractivity contribution is 5.82. The molecule has 0 spiro atoms. The molecule has 2 rings (SSSR count). The van der Waals surface area contributed by atoms with E-state index < -0.39 is 0 Å². The van der Waals surface area contributed by atoms with E-state index in [1.807, 2.05) is 0 Å². The predicted molar refractivity (Wildman–Crippen MR) is 73.4 cm³/mol. The summed E-state index contributed by atoms with van der Waals surface area (Å²) in [6.07, 6.45) is 3.36. The summed E-state index contributed by atoms with van der Waals surface area (Å²) in [4.78, 5) is 14.4. The van der Waals surface area contributed by atoms with Crippen LogP contribution in [-0.2, 0) is 4.79 Å². The molecule has 0 aromatic carbocycles. The third-order valence-corrected chi connectivity index (χ3v) is 4.59. The van der Waals surface area contributed by atoms with Crippen LogP contribution >= 0.6 is 0 Å². The smallest absolute Gasteiger partial charge is 0.237 e. The Labute approximate surface area is 110 Å². The van der Waals surface area contributed by atoms with Crippen LogP contribution in [0.5, 0.6) is 0 Å². The van der Waals surface area contributed by atoms with Crippen LogP contribution in [0.15, 0.2) is 0 Å². The van der Waals surface area contributed by atoms with Gasteiger partial charge in [-0.15, -0.1) is 0 Å². The first-order valence-corrected chi connectivity index (χ1v) is 7.19. The fraction of sp³-hybridized carbons (Fsp3) is 0.929. The molecule has 0 aromatic rings. The molecule has 1 amide bonds. The molecule has 4 heteroatoms. The van der Waals surface area contributed by atoms with E-state index in [0.717, 1.165) is 32.5 Å². The summed E-state index contributed by atoms with van der Waals surface area (Å²) >= 11 is 0. The minimum Gasteiger partial charge on any atom is -0.354 e. The highest BCUT2D eigenvalue weighted by Gasteiger charge is 2.34. The Morgan fingerprint density at radius 3 is 2.78 bits per heavy atom. The lowest BCUT2D eigenvalue weighted by atomic mass is 9.78. The van der Waals surface area contributed by atoms with E-state index >= 15 is 0 Å². The first-order valence-electron chi connectivity index (χ1n) is 7.19. The van der Waals surface area contributed by atoms with Gasteiger partial charge in [-0.25, -0.2) is 0 Å². The topological polar surface area (TPSA) is 44.4 Å². The summed E-state index contributed by atoms with van der Waals surface area (Å²) in [6.45, 7) is 8.67. The lowest BCUT2D eigenvalue weighted by Crippen LogP contribution is -2.46. The third kappa shape index (κ3) is 3.23. The van der Waals surface area contributed by atoms with Crippen LogP contribution in [0.4, 0.5) is 0 Å². The van der Waals surface area contributed by atoms with Gasteiger partial charge in [0.05, 0.1) is 6.04 Å². The Hall–Kier alpha value is -0.610. The minimum absolute atomic E-state index is 0.0482. The molecule has 0 saturated carbocycles. The van der Waals surface area contributed by atoms with Crippen LogP contribution in [0.2, 0.25) is 0 Å². The Kier molecular flexibility index (Phi) is 4.28. The molecule has 2 N–H and O–H groups in total. The minimum atomic E-state index is 0.0482. The maximum absolute atomic E-state index is 12.0. The molecule has 0 aliphatic carbocycles. The number of likely N-dealkylation sites (tertiary alicyclic amines) is 1. The molecule has 2 fully saturated rings. The zero-order chi connectivity index (χ0) is 13.2. The third-order valence-electron chi connectivity index (χ3n) is 4.59. The molecule has 2 saturated heterocycles. The summed E-state index contributed by atoms with van der Waals surface area (Å²) in [5.41, 5.74) is 0.193.